The van der Waals surface area contributed by atoms with Crippen LogP contribution in [-0.2, 0) is 9.59 Å². The Labute approximate surface area is 116 Å². The molecule has 4 amide bonds. The summed E-state index contributed by atoms with van der Waals surface area (Å²) in [5, 5.41) is 7.37. The second-order valence-corrected chi connectivity index (χ2v) is 4.90. The fraction of sp³-hybridized carbons (Fsp3) is 0.357. The smallest absolute Gasteiger partial charge is 0.322 e. The van der Waals surface area contributed by atoms with Crippen LogP contribution in [0.2, 0.25) is 0 Å². The number of carbonyl (C=O) groups is 3. The molecule has 1 aliphatic rings. The maximum atomic E-state index is 11.8. The van der Waals surface area contributed by atoms with Crippen LogP contribution in [0.3, 0.4) is 0 Å². The molecular formula is C14H17N3O3. The monoisotopic (exact) mass is 275 g/mol. The first kappa shape index (κ1) is 14.0. The minimum Gasteiger partial charge on any atom is -0.326 e. The highest BCUT2D eigenvalue weighted by molar-refractivity contribution is 6.04. The van der Waals surface area contributed by atoms with Crippen molar-refractivity contribution >= 4 is 23.5 Å². The Bertz CT molecular complexity index is 569. The van der Waals surface area contributed by atoms with Crippen LogP contribution in [0.15, 0.2) is 18.2 Å². The van der Waals surface area contributed by atoms with Gasteiger partial charge in [-0.3, -0.25) is 14.9 Å². The van der Waals surface area contributed by atoms with Gasteiger partial charge in [0.15, 0.2) is 0 Å². The van der Waals surface area contributed by atoms with E-state index in [1.165, 1.54) is 0 Å². The summed E-state index contributed by atoms with van der Waals surface area (Å²) in [7, 11) is 0. The molecule has 0 aliphatic carbocycles. The normalized spacial score (nSPS) is 17.6. The van der Waals surface area contributed by atoms with Gasteiger partial charge in [-0.15, -0.1) is 0 Å². The zero-order valence-electron chi connectivity index (χ0n) is 11.4. The third kappa shape index (κ3) is 3.34. The van der Waals surface area contributed by atoms with Crippen LogP contribution in [0, 0.1) is 13.8 Å². The minimum atomic E-state index is -0.618. The molecule has 1 saturated heterocycles. The van der Waals surface area contributed by atoms with Gasteiger partial charge >= 0.3 is 6.03 Å². The van der Waals surface area contributed by atoms with Crippen molar-refractivity contribution < 1.29 is 14.4 Å². The van der Waals surface area contributed by atoms with Crippen LogP contribution < -0.4 is 16.0 Å². The second-order valence-electron chi connectivity index (χ2n) is 4.90. The number of hydrogen-bond donors (Lipinski definition) is 3. The molecule has 6 heteroatoms. The van der Waals surface area contributed by atoms with Gasteiger partial charge in [0.2, 0.25) is 5.91 Å². The van der Waals surface area contributed by atoms with E-state index in [0.717, 1.165) is 16.8 Å². The molecular weight excluding hydrogens is 258 g/mol. The highest BCUT2D eigenvalue weighted by Crippen LogP contribution is 2.14. The van der Waals surface area contributed by atoms with E-state index in [2.05, 4.69) is 16.0 Å². The van der Waals surface area contributed by atoms with Gasteiger partial charge < -0.3 is 10.6 Å². The number of amides is 4. The fourth-order valence-electron chi connectivity index (χ4n) is 1.98. The van der Waals surface area contributed by atoms with Crippen molar-refractivity contribution in [3.8, 4) is 0 Å². The Hall–Kier alpha value is -2.37. The van der Waals surface area contributed by atoms with Crippen molar-refractivity contribution in [2.45, 2.75) is 32.7 Å². The minimum absolute atomic E-state index is 0.172. The second kappa shape index (κ2) is 5.73. The van der Waals surface area contributed by atoms with Gasteiger partial charge in [0.05, 0.1) is 0 Å². The van der Waals surface area contributed by atoms with Crippen LogP contribution >= 0.6 is 0 Å². The average molecular weight is 275 g/mol. The molecule has 1 heterocycles. The lowest BCUT2D eigenvalue weighted by Crippen LogP contribution is -2.30. The zero-order valence-corrected chi connectivity index (χ0v) is 11.4. The summed E-state index contributed by atoms with van der Waals surface area (Å²) in [6.07, 6.45) is 0.458. The summed E-state index contributed by atoms with van der Waals surface area (Å²) < 4.78 is 0. The zero-order chi connectivity index (χ0) is 14.7. The van der Waals surface area contributed by atoms with Crippen LogP contribution in [0.25, 0.3) is 0 Å². The number of anilines is 1. The van der Waals surface area contributed by atoms with Crippen molar-refractivity contribution in [3.63, 3.8) is 0 Å². The summed E-state index contributed by atoms with van der Waals surface area (Å²) in [6.45, 7) is 3.98. The van der Waals surface area contributed by atoms with E-state index in [9.17, 15) is 14.4 Å². The highest BCUT2D eigenvalue weighted by atomic mass is 16.2. The van der Waals surface area contributed by atoms with Crippen LogP contribution in [0.4, 0.5) is 10.5 Å². The van der Waals surface area contributed by atoms with Gasteiger partial charge in [-0.05, 0) is 43.5 Å². The molecule has 0 spiro atoms. The lowest BCUT2D eigenvalue weighted by Gasteiger charge is -2.09. The van der Waals surface area contributed by atoms with Gasteiger partial charge in [-0.2, -0.15) is 0 Å². The fourth-order valence-corrected chi connectivity index (χ4v) is 1.98. The molecule has 1 fully saturated rings. The highest BCUT2D eigenvalue weighted by Gasteiger charge is 2.29. The number of aryl methyl sites for hydroxylation is 2. The number of carbonyl (C=O) groups excluding carboxylic acids is 3. The van der Waals surface area contributed by atoms with E-state index in [4.69, 9.17) is 0 Å². The Kier molecular flexibility index (Phi) is 4.02. The lowest BCUT2D eigenvalue weighted by atomic mass is 10.1. The maximum absolute atomic E-state index is 11.8. The predicted octanol–water partition coefficient (Wildman–Crippen LogP) is 1.23. The van der Waals surface area contributed by atoms with Crippen LogP contribution in [0.1, 0.15) is 24.0 Å². The summed E-state index contributed by atoms with van der Waals surface area (Å²) in [6, 6.07) is 4.56. The quantitative estimate of drug-likeness (QED) is 0.722. The largest absolute Gasteiger partial charge is 0.326 e. The number of rotatable bonds is 4. The molecule has 1 aromatic rings. The Morgan fingerprint density at radius 2 is 2.00 bits per heavy atom. The predicted molar refractivity (Wildman–Crippen MR) is 74.2 cm³/mol. The van der Waals surface area contributed by atoms with E-state index in [1.807, 2.05) is 32.0 Å². The maximum Gasteiger partial charge on any atom is 0.322 e. The summed E-state index contributed by atoms with van der Waals surface area (Å²) in [5.74, 6) is -0.559. The van der Waals surface area contributed by atoms with Crippen molar-refractivity contribution in [1.29, 1.82) is 0 Å². The SMILES string of the molecule is Cc1ccc(NC(=O)CC[C@@H]2NC(=O)NC2=O)cc1C. The summed E-state index contributed by atoms with van der Waals surface area (Å²) in [5.41, 5.74) is 3.00. The van der Waals surface area contributed by atoms with E-state index < -0.39 is 12.1 Å². The van der Waals surface area contributed by atoms with Gasteiger partial charge in [-0.1, -0.05) is 6.07 Å². The van der Waals surface area contributed by atoms with E-state index in [-0.39, 0.29) is 24.7 Å². The third-order valence-corrected chi connectivity index (χ3v) is 3.31. The van der Waals surface area contributed by atoms with Crippen molar-refractivity contribution in [1.82, 2.24) is 10.6 Å². The molecule has 0 saturated carbocycles. The van der Waals surface area contributed by atoms with Crippen LogP contribution in [-0.4, -0.2) is 23.9 Å². The molecule has 1 aliphatic heterocycles. The summed E-state index contributed by atoms with van der Waals surface area (Å²) >= 11 is 0. The number of hydrogen-bond acceptors (Lipinski definition) is 3. The van der Waals surface area contributed by atoms with Gasteiger partial charge in [0.1, 0.15) is 6.04 Å². The molecule has 0 unspecified atom stereocenters. The number of nitrogens with one attached hydrogen (secondary N) is 3. The topological polar surface area (TPSA) is 87.3 Å². The number of imide groups is 1. The molecule has 20 heavy (non-hydrogen) atoms. The molecule has 1 aromatic carbocycles. The van der Waals surface area contributed by atoms with Crippen molar-refractivity contribution in [2.75, 3.05) is 5.32 Å². The van der Waals surface area contributed by atoms with Crippen LogP contribution in [0.5, 0.6) is 0 Å². The molecule has 0 radical (unpaired) electrons. The van der Waals surface area contributed by atoms with E-state index in [0.29, 0.717) is 0 Å². The molecule has 6 nitrogen and oxygen atoms in total. The average Bonchev–Trinajstić information content (AvgIpc) is 2.70. The Balaban J connectivity index is 1.85. The summed E-state index contributed by atoms with van der Waals surface area (Å²) in [4.78, 5) is 34.0. The van der Waals surface area contributed by atoms with Crippen molar-refractivity contribution in [2.24, 2.45) is 0 Å². The third-order valence-electron chi connectivity index (χ3n) is 3.31. The lowest BCUT2D eigenvalue weighted by molar-refractivity contribution is -0.120. The van der Waals surface area contributed by atoms with Gasteiger partial charge in [0, 0.05) is 12.1 Å². The first-order valence-corrected chi connectivity index (χ1v) is 6.44. The Morgan fingerprint density at radius 3 is 2.60 bits per heavy atom. The first-order chi connectivity index (χ1) is 9.45. The molecule has 1 atom stereocenters. The van der Waals surface area contributed by atoms with E-state index in [1.54, 1.807) is 0 Å². The van der Waals surface area contributed by atoms with E-state index >= 15 is 0 Å². The number of benzene rings is 1. The Morgan fingerprint density at radius 1 is 1.25 bits per heavy atom. The molecule has 3 N–H and O–H groups in total. The van der Waals surface area contributed by atoms with Crippen molar-refractivity contribution in [3.05, 3.63) is 29.3 Å². The molecule has 0 aromatic heterocycles. The number of urea groups is 1. The standard InChI is InChI=1S/C14H17N3O3/c1-8-3-4-10(7-9(8)2)15-12(18)6-5-11-13(19)17-14(20)16-11/h3-4,7,11H,5-6H2,1-2H3,(H,15,18)(H2,16,17,19,20)/t11-/m0/s1. The first-order valence-electron chi connectivity index (χ1n) is 6.44. The van der Waals surface area contributed by atoms with Gasteiger partial charge in [-0.25, -0.2) is 4.79 Å². The van der Waals surface area contributed by atoms with Gasteiger partial charge in [0.25, 0.3) is 5.91 Å². The molecule has 106 valence electrons. The molecule has 2 rings (SSSR count). The molecule has 0 bridgehead atoms.